The zero-order valence-electron chi connectivity index (χ0n) is 24.1. The van der Waals surface area contributed by atoms with E-state index >= 15 is 0 Å². The van der Waals surface area contributed by atoms with Crippen LogP contribution in [0, 0.1) is 12.7 Å². The molecule has 2 saturated heterocycles. The van der Waals surface area contributed by atoms with Gasteiger partial charge in [-0.05, 0) is 106 Å². The summed E-state index contributed by atoms with van der Waals surface area (Å²) < 4.78 is 32.4. The van der Waals surface area contributed by atoms with Gasteiger partial charge < -0.3 is 24.4 Å². The van der Waals surface area contributed by atoms with Gasteiger partial charge in [-0.25, -0.2) is 4.39 Å². The van der Waals surface area contributed by atoms with Crippen LogP contribution in [0.1, 0.15) is 92.9 Å². The fourth-order valence-corrected chi connectivity index (χ4v) is 6.41. The van der Waals surface area contributed by atoms with Crippen LogP contribution in [0.4, 0.5) is 4.39 Å². The van der Waals surface area contributed by atoms with Crippen molar-refractivity contribution in [2.45, 2.75) is 95.4 Å². The molecule has 40 heavy (non-hydrogen) atoms. The molecule has 218 valence electrons. The van der Waals surface area contributed by atoms with Gasteiger partial charge in [0.15, 0.2) is 11.5 Å². The smallest absolute Gasteiger partial charge is 0.222 e. The van der Waals surface area contributed by atoms with Gasteiger partial charge in [-0.3, -0.25) is 4.79 Å². The van der Waals surface area contributed by atoms with Crippen LogP contribution in [0.15, 0.2) is 36.4 Å². The molecule has 0 spiro atoms. The highest BCUT2D eigenvalue weighted by atomic mass is 19.1. The molecule has 3 atom stereocenters. The van der Waals surface area contributed by atoms with Crippen molar-refractivity contribution in [1.82, 2.24) is 10.2 Å². The van der Waals surface area contributed by atoms with Crippen molar-refractivity contribution in [3.8, 4) is 11.5 Å². The fraction of sp³-hybridized carbons (Fsp3) is 0.606. The molecule has 0 bridgehead atoms. The Morgan fingerprint density at radius 2 is 1.93 bits per heavy atom. The summed E-state index contributed by atoms with van der Waals surface area (Å²) in [5.74, 6) is 2.00. The van der Waals surface area contributed by atoms with Crippen LogP contribution < -0.4 is 14.8 Å². The average molecular weight is 553 g/mol. The molecule has 2 heterocycles. The Bertz CT molecular complexity index is 1140. The fourth-order valence-electron chi connectivity index (χ4n) is 6.41. The molecule has 3 aliphatic rings. The molecule has 2 aliphatic heterocycles. The normalized spacial score (nSPS) is 22.3. The van der Waals surface area contributed by atoms with Crippen LogP contribution in [-0.4, -0.2) is 56.3 Å². The second kappa shape index (κ2) is 13.8. The van der Waals surface area contributed by atoms with Crippen molar-refractivity contribution < 1.29 is 23.4 Å². The van der Waals surface area contributed by atoms with Crippen molar-refractivity contribution in [2.24, 2.45) is 0 Å². The molecule has 2 aromatic rings. The highest BCUT2D eigenvalue weighted by Crippen LogP contribution is 2.36. The third-order valence-electron chi connectivity index (χ3n) is 8.84. The number of nitrogens with zero attached hydrogens (tertiary/aromatic N) is 1. The van der Waals surface area contributed by atoms with E-state index in [0.717, 1.165) is 88.2 Å². The van der Waals surface area contributed by atoms with Crippen LogP contribution in [0.2, 0.25) is 0 Å². The van der Waals surface area contributed by atoms with Crippen molar-refractivity contribution in [1.29, 1.82) is 0 Å². The van der Waals surface area contributed by atoms with E-state index in [4.69, 9.17) is 14.2 Å². The van der Waals surface area contributed by atoms with Gasteiger partial charge in [0.25, 0.3) is 0 Å². The summed E-state index contributed by atoms with van der Waals surface area (Å²) in [7, 11) is 1.70. The molecule has 6 nitrogen and oxygen atoms in total. The molecule has 3 fully saturated rings. The third-order valence-corrected chi connectivity index (χ3v) is 8.84. The zero-order valence-corrected chi connectivity index (χ0v) is 24.1. The van der Waals surface area contributed by atoms with Crippen LogP contribution in [0.5, 0.6) is 11.5 Å². The quantitative estimate of drug-likeness (QED) is 0.309. The van der Waals surface area contributed by atoms with Gasteiger partial charge in [0.05, 0.1) is 25.4 Å². The largest absolute Gasteiger partial charge is 0.493 e. The third kappa shape index (κ3) is 7.35. The first-order valence-corrected chi connectivity index (χ1v) is 15.2. The predicted molar refractivity (Wildman–Crippen MR) is 155 cm³/mol. The summed E-state index contributed by atoms with van der Waals surface area (Å²) in [6.45, 7) is 5.06. The second-order valence-electron chi connectivity index (χ2n) is 11.7. The number of aryl methyl sites for hydroxylation is 1. The summed E-state index contributed by atoms with van der Waals surface area (Å²) in [4.78, 5) is 14.1. The average Bonchev–Trinajstić information content (AvgIpc) is 3.73. The van der Waals surface area contributed by atoms with Crippen molar-refractivity contribution in [2.75, 3.05) is 33.3 Å². The minimum atomic E-state index is -0.170. The van der Waals surface area contributed by atoms with Crippen LogP contribution in [0.3, 0.4) is 0 Å². The Hall–Kier alpha value is -2.64. The summed E-state index contributed by atoms with van der Waals surface area (Å²) in [6, 6.07) is 11.8. The van der Waals surface area contributed by atoms with Gasteiger partial charge in [0.2, 0.25) is 5.91 Å². The van der Waals surface area contributed by atoms with Crippen LogP contribution in [0.25, 0.3) is 0 Å². The molecule has 5 rings (SSSR count). The number of carbonyl (C=O) groups is 1. The van der Waals surface area contributed by atoms with E-state index in [1.807, 2.05) is 23.1 Å². The lowest BCUT2D eigenvalue weighted by molar-refractivity contribution is -0.127. The van der Waals surface area contributed by atoms with E-state index in [2.05, 4.69) is 17.4 Å². The standard InChI is InChI=1S/C33H45FN2O4/c1-23-11-12-25(19-29(23)34)30-16-14-28(40-30)22-35-21-26(7-5-17-36-18-6-10-33(36)37)24-13-15-31(38-2)32(20-24)39-27-8-3-4-9-27/h11-13,15,19-20,26-28,30,35H,3-10,14,16-18,21-22H2,1-2H3. The molecule has 0 aromatic heterocycles. The van der Waals surface area contributed by atoms with E-state index in [0.29, 0.717) is 12.0 Å². The number of rotatable bonds is 13. The van der Waals surface area contributed by atoms with Gasteiger partial charge in [-0.15, -0.1) is 0 Å². The highest BCUT2D eigenvalue weighted by Gasteiger charge is 2.27. The number of amides is 1. The van der Waals surface area contributed by atoms with E-state index < -0.39 is 0 Å². The zero-order chi connectivity index (χ0) is 27.9. The van der Waals surface area contributed by atoms with Gasteiger partial charge in [0, 0.05) is 32.6 Å². The topological polar surface area (TPSA) is 60.0 Å². The molecule has 1 amide bonds. The molecule has 0 radical (unpaired) electrons. The van der Waals surface area contributed by atoms with Gasteiger partial charge >= 0.3 is 0 Å². The van der Waals surface area contributed by atoms with Gasteiger partial charge in [-0.1, -0.05) is 18.2 Å². The first-order chi connectivity index (χ1) is 19.5. The lowest BCUT2D eigenvalue weighted by Gasteiger charge is -2.23. The summed E-state index contributed by atoms with van der Waals surface area (Å²) >= 11 is 0. The van der Waals surface area contributed by atoms with Crippen LogP contribution in [-0.2, 0) is 9.53 Å². The maximum atomic E-state index is 14.1. The minimum absolute atomic E-state index is 0.0485. The Balaban J connectivity index is 1.21. The maximum absolute atomic E-state index is 14.1. The van der Waals surface area contributed by atoms with Crippen molar-refractivity contribution >= 4 is 5.91 Å². The number of nitrogens with one attached hydrogen (secondary N) is 1. The summed E-state index contributed by atoms with van der Waals surface area (Å²) in [5, 5.41) is 3.68. The monoisotopic (exact) mass is 552 g/mol. The number of likely N-dealkylation sites (tertiary alicyclic amines) is 1. The number of benzene rings is 2. The number of ether oxygens (including phenoxy) is 3. The molecule has 1 saturated carbocycles. The number of halogens is 1. The lowest BCUT2D eigenvalue weighted by Crippen LogP contribution is -2.31. The number of hydrogen-bond acceptors (Lipinski definition) is 5. The molecule has 2 aromatic carbocycles. The first kappa shape index (κ1) is 28.9. The number of methoxy groups -OCH3 is 1. The Morgan fingerprint density at radius 1 is 1.07 bits per heavy atom. The van der Waals surface area contributed by atoms with E-state index in [1.165, 1.54) is 18.4 Å². The number of carbonyl (C=O) groups excluding carboxylic acids is 1. The predicted octanol–water partition coefficient (Wildman–Crippen LogP) is 6.46. The first-order valence-electron chi connectivity index (χ1n) is 15.2. The second-order valence-corrected chi connectivity index (χ2v) is 11.7. The highest BCUT2D eigenvalue weighted by molar-refractivity contribution is 5.78. The lowest BCUT2D eigenvalue weighted by atomic mass is 9.93. The van der Waals surface area contributed by atoms with E-state index in [9.17, 15) is 9.18 Å². The Morgan fingerprint density at radius 3 is 2.67 bits per heavy atom. The van der Waals surface area contributed by atoms with Gasteiger partial charge in [-0.2, -0.15) is 0 Å². The number of hydrogen-bond donors (Lipinski definition) is 1. The van der Waals surface area contributed by atoms with E-state index in [-0.39, 0.29) is 36.0 Å². The maximum Gasteiger partial charge on any atom is 0.222 e. The molecule has 3 unspecified atom stereocenters. The molecular formula is C33H45FN2O4. The molecule has 7 heteroatoms. The SMILES string of the molecule is COc1ccc(C(CCCN2CCCC2=O)CNCC2CCC(c3ccc(C)c(F)c3)O2)cc1OC1CCCC1. The van der Waals surface area contributed by atoms with Crippen LogP contribution >= 0.6 is 0 Å². The van der Waals surface area contributed by atoms with Crippen molar-refractivity contribution in [3.05, 3.63) is 58.9 Å². The summed E-state index contributed by atoms with van der Waals surface area (Å²) in [6.07, 6.45) is 10.4. The van der Waals surface area contributed by atoms with Gasteiger partial charge in [0.1, 0.15) is 5.82 Å². The van der Waals surface area contributed by atoms with Crippen molar-refractivity contribution in [3.63, 3.8) is 0 Å². The molecular weight excluding hydrogens is 507 g/mol. The Labute approximate surface area is 238 Å². The molecule has 1 N–H and O–H groups in total. The van der Waals surface area contributed by atoms with E-state index in [1.54, 1.807) is 20.1 Å². The molecule has 1 aliphatic carbocycles. The minimum Gasteiger partial charge on any atom is -0.493 e. The summed E-state index contributed by atoms with van der Waals surface area (Å²) in [5.41, 5.74) is 2.82. The Kier molecular flexibility index (Phi) is 9.97.